The van der Waals surface area contributed by atoms with Crippen LogP contribution in [0.25, 0.3) is 0 Å². The maximum absolute atomic E-state index is 13.1. The quantitative estimate of drug-likeness (QED) is 0.647. The first-order valence-corrected chi connectivity index (χ1v) is 10.3. The summed E-state index contributed by atoms with van der Waals surface area (Å²) in [7, 11) is 0. The molecule has 2 amide bonds. The van der Waals surface area contributed by atoms with Crippen LogP contribution in [-0.2, 0) is 22.4 Å². The molecule has 0 radical (unpaired) electrons. The van der Waals surface area contributed by atoms with Crippen molar-refractivity contribution in [3.63, 3.8) is 0 Å². The third kappa shape index (κ3) is 6.25. The summed E-state index contributed by atoms with van der Waals surface area (Å²) in [5, 5.41) is 3.71. The number of nitrogens with zero attached hydrogens (tertiary/aromatic N) is 1. The van der Waals surface area contributed by atoms with Crippen molar-refractivity contribution in [3.05, 3.63) is 69.7 Å². The average molecular weight is 421 g/mol. The van der Waals surface area contributed by atoms with Gasteiger partial charge in [0.1, 0.15) is 6.04 Å². The molecule has 2 aromatic rings. The lowest BCUT2D eigenvalue weighted by Crippen LogP contribution is -2.50. The largest absolute Gasteiger partial charge is 0.355 e. The maximum Gasteiger partial charge on any atom is 0.242 e. The highest BCUT2D eigenvalue weighted by Crippen LogP contribution is 2.23. The molecule has 6 heteroatoms. The van der Waals surface area contributed by atoms with Crippen LogP contribution in [0, 0.1) is 0 Å². The number of nitrogens with one attached hydrogen (secondary N) is 1. The molecule has 0 fully saturated rings. The van der Waals surface area contributed by atoms with Gasteiger partial charge >= 0.3 is 0 Å². The van der Waals surface area contributed by atoms with E-state index in [2.05, 4.69) is 5.32 Å². The van der Waals surface area contributed by atoms with E-state index in [1.54, 1.807) is 23.1 Å². The molecule has 0 heterocycles. The number of hydrogen-bond acceptors (Lipinski definition) is 2. The van der Waals surface area contributed by atoms with Crippen molar-refractivity contribution in [2.45, 2.75) is 39.2 Å². The van der Waals surface area contributed by atoms with Gasteiger partial charge in [-0.3, -0.25) is 9.59 Å². The third-order valence-electron chi connectivity index (χ3n) is 4.56. The Kier molecular flexibility index (Phi) is 8.81. The van der Waals surface area contributed by atoms with Crippen LogP contribution in [0.1, 0.15) is 31.4 Å². The van der Waals surface area contributed by atoms with Crippen molar-refractivity contribution >= 4 is 35.0 Å². The van der Waals surface area contributed by atoms with Gasteiger partial charge in [0.05, 0.1) is 16.5 Å². The second-order valence-electron chi connectivity index (χ2n) is 6.57. The molecule has 1 unspecified atom stereocenters. The normalized spacial score (nSPS) is 11.7. The summed E-state index contributed by atoms with van der Waals surface area (Å²) in [6, 6.07) is 14.6. The molecule has 0 saturated carbocycles. The fraction of sp³-hybridized carbons (Fsp3) is 0.364. The van der Waals surface area contributed by atoms with Crippen LogP contribution in [0.2, 0.25) is 10.0 Å². The smallest absolute Gasteiger partial charge is 0.242 e. The van der Waals surface area contributed by atoms with E-state index in [4.69, 9.17) is 23.2 Å². The van der Waals surface area contributed by atoms with Crippen molar-refractivity contribution in [1.82, 2.24) is 10.2 Å². The third-order valence-corrected chi connectivity index (χ3v) is 5.30. The lowest BCUT2D eigenvalue weighted by molar-refractivity contribution is -0.140. The Bertz CT molecular complexity index is 796. The molecule has 0 aliphatic rings. The number of rotatable bonds is 9. The van der Waals surface area contributed by atoms with Gasteiger partial charge in [-0.1, -0.05) is 66.5 Å². The van der Waals surface area contributed by atoms with Crippen LogP contribution in [0.15, 0.2) is 48.5 Å². The summed E-state index contributed by atoms with van der Waals surface area (Å²) >= 11 is 12.0. The van der Waals surface area contributed by atoms with Crippen LogP contribution in [0.4, 0.5) is 0 Å². The average Bonchev–Trinajstić information content (AvgIpc) is 2.68. The fourth-order valence-electron chi connectivity index (χ4n) is 3.11. The number of hydrogen-bond donors (Lipinski definition) is 1. The van der Waals surface area contributed by atoms with Gasteiger partial charge in [0.15, 0.2) is 0 Å². The van der Waals surface area contributed by atoms with Crippen molar-refractivity contribution in [1.29, 1.82) is 0 Å². The molecule has 2 rings (SSSR count). The minimum atomic E-state index is -0.501. The van der Waals surface area contributed by atoms with Gasteiger partial charge in [0.25, 0.3) is 0 Å². The Morgan fingerprint density at radius 2 is 1.71 bits per heavy atom. The highest BCUT2D eigenvalue weighted by molar-refractivity contribution is 6.42. The van der Waals surface area contributed by atoms with Gasteiger partial charge < -0.3 is 10.2 Å². The van der Waals surface area contributed by atoms with Gasteiger partial charge in [0, 0.05) is 13.1 Å². The van der Waals surface area contributed by atoms with Gasteiger partial charge in [0.2, 0.25) is 11.8 Å². The summed E-state index contributed by atoms with van der Waals surface area (Å²) < 4.78 is 0. The lowest BCUT2D eigenvalue weighted by Gasteiger charge is -2.30. The van der Waals surface area contributed by atoms with E-state index in [0.717, 1.165) is 11.1 Å². The first kappa shape index (κ1) is 22.3. The molecule has 4 nitrogen and oxygen atoms in total. The van der Waals surface area contributed by atoms with E-state index in [9.17, 15) is 9.59 Å². The Labute approximate surface area is 176 Å². The monoisotopic (exact) mass is 420 g/mol. The van der Waals surface area contributed by atoms with Crippen molar-refractivity contribution in [2.24, 2.45) is 0 Å². The molecule has 0 aliphatic carbocycles. The van der Waals surface area contributed by atoms with Crippen LogP contribution in [0.3, 0.4) is 0 Å². The van der Waals surface area contributed by atoms with E-state index in [-0.39, 0.29) is 18.2 Å². The minimum absolute atomic E-state index is 0.104. The molecule has 0 bridgehead atoms. The molecule has 1 N–H and O–H groups in total. The predicted molar refractivity (Wildman–Crippen MR) is 115 cm³/mol. The van der Waals surface area contributed by atoms with Gasteiger partial charge in [-0.25, -0.2) is 0 Å². The second kappa shape index (κ2) is 11.1. The van der Waals surface area contributed by atoms with Gasteiger partial charge in [-0.15, -0.1) is 0 Å². The molecule has 28 heavy (non-hydrogen) atoms. The molecule has 2 aromatic carbocycles. The summed E-state index contributed by atoms with van der Waals surface area (Å²) in [6.45, 7) is 4.79. The molecular formula is C22H26Cl2N2O2. The summed E-state index contributed by atoms with van der Waals surface area (Å²) in [6.07, 6.45) is 1.40. The maximum atomic E-state index is 13.1. The molecular weight excluding hydrogens is 395 g/mol. The van der Waals surface area contributed by atoms with E-state index in [1.807, 2.05) is 44.2 Å². The van der Waals surface area contributed by atoms with Crippen molar-refractivity contribution in [2.75, 3.05) is 13.1 Å². The van der Waals surface area contributed by atoms with E-state index in [1.165, 1.54) is 0 Å². The zero-order chi connectivity index (χ0) is 20.5. The van der Waals surface area contributed by atoms with Crippen LogP contribution in [0.5, 0.6) is 0 Å². The number of halogens is 2. The van der Waals surface area contributed by atoms with Crippen LogP contribution in [-0.4, -0.2) is 35.8 Å². The minimum Gasteiger partial charge on any atom is -0.355 e. The highest BCUT2D eigenvalue weighted by atomic mass is 35.5. The Hall–Kier alpha value is -2.04. The van der Waals surface area contributed by atoms with Gasteiger partial charge in [-0.2, -0.15) is 0 Å². The number of carbonyl (C=O) groups excluding carboxylic acids is 2. The molecule has 0 spiro atoms. The fourth-order valence-corrected chi connectivity index (χ4v) is 3.43. The standard InChI is InChI=1S/C22H26Cl2N2O2/c1-3-20(22(28)25-4-2)26(13-12-16-8-6-5-7-9-16)21(27)15-17-10-11-18(23)19(24)14-17/h5-11,14,20H,3-4,12-13,15H2,1-2H3,(H,25,28). The summed E-state index contributed by atoms with van der Waals surface area (Å²) in [4.78, 5) is 27.3. The SMILES string of the molecule is CCNC(=O)C(CC)N(CCc1ccccc1)C(=O)Cc1ccc(Cl)c(Cl)c1. The molecule has 0 aliphatic heterocycles. The number of amides is 2. The van der Waals surface area contributed by atoms with Gasteiger partial charge in [-0.05, 0) is 43.0 Å². The zero-order valence-corrected chi connectivity index (χ0v) is 17.8. The second-order valence-corrected chi connectivity index (χ2v) is 7.38. The van der Waals surface area contributed by atoms with E-state index in [0.29, 0.717) is 36.0 Å². The van der Waals surface area contributed by atoms with Crippen LogP contribution >= 0.6 is 23.2 Å². The molecule has 150 valence electrons. The van der Waals surface area contributed by atoms with Crippen molar-refractivity contribution in [3.8, 4) is 0 Å². The predicted octanol–water partition coefficient (Wildman–Crippen LogP) is 4.52. The number of benzene rings is 2. The Morgan fingerprint density at radius 1 is 1.00 bits per heavy atom. The Balaban J connectivity index is 2.20. The van der Waals surface area contributed by atoms with Crippen molar-refractivity contribution < 1.29 is 9.59 Å². The summed E-state index contributed by atoms with van der Waals surface area (Å²) in [5.41, 5.74) is 1.90. The first-order valence-electron chi connectivity index (χ1n) is 9.51. The Morgan fingerprint density at radius 3 is 2.32 bits per heavy atom. The van der Waals surface area contributed by atoms with E-state index < -0.39 is 6.04 Å². The first-order chi connectivity index (χ1) is 13.5. The topological polar surface area (TPSA) is 49.4 Å². The highest BCUT2D eigenvalue weighted by Gasteiger charge is 2.28. The molecule has 0 saturated heterocycles. The van der Waals surface area contributed by atoms with E-state index >= 15 is 0 Å². The lowest BCUT2D eigenvalue weighted by atomic mass is 10.1. The summed E-state index contributed by atoms with van der Waals surface area (Å²) in [5.74, 6) is -0.229. The molecule has 1 atom stereocenters. The number of likely N-dealkylation sites (N-methyl/N-ethyl adjacent to an activating group) is 1. The zero-order valence-electron chi connectivity index (χ0n) is 16.3. The van der Waals surface area contributed by atoms with Crippen LogP contribution < -0.4 is 5.32 Å². The number of carbonyl (C=O) groups is 2. The molecule has 0 aromatic heterocycles.